The van der Waals surface area contributed by atoms with E-state index in [1.54, 1.807) is 0 Å². The van der Waals surface area contributed by atoms with Gasteiger partial charge in [0.25, 0.3) is 0 Å². The molecule has 33 heavy (non-hydrogen) atoms. The SMILES string of the molecule is CC(C)(C)[Si](C)(C)OC[C@H]1OC[C@@](F)(n2cnc3c(N)ncnc32)C1O[Si](C)(C)C(C)(C)C. The lowest BCUT2D eigenvalue weighted by molar-refractivity contribution is -0.0368. The van der Waals surface area contributed by atoms with Gasteiger partial charge in [0.2, 0.25) is 5.79 Å². The van der Waals surface area contributed by atoms with Crippen LogP contribution in [0.3, 0.4) is 0 Å². The number of halogens is 1. The smallest absolute Gasteiger partial charge is 0.239 e. The van der Waals surface area contributed by atoms with Crippen molar-refractivity contribution in [1.82, 2.24) is 19.5 Å². The van der Waals surface area contributed by atoms with E-state index in [0.29, 0.717) is 11.2 Å². The first kappa shape index (κ1) is 26.2. The van der Waals surface area contributed by atoms with E-state index in [4.69, 9.17) is 19.3 Å². The van der Waals surface area contributed by atoms with Crippen LogP contribution in [0.25, 0.3) is 11.2 Å². The second-order valence-corrected chi connectivity index (χ2v) is 21.6. The van der Waals surface area contributed by atoms with Gasteiger partial charge in [-0.1, -0.05) is 41.5 Å². The van der Waals surface area contributed by atoms with E-state index in [0.717, 1.165) is 0 Å². The Balaban J connectivity index is 2.01. The third-order valence-electron chi connectivity index (χ3n) is 7.68. The Hall–Kier alpha value is -1.41. The van der Waals surface area contributed by atoms with Crippen LogP contribution in [-0.2, 0) is 19.4 Å². The summed E-state index contributed by atoms with van der Waals surface area (Å²) in [7, 11) is -4.42. The summed E-state index contributed by atoms with van der Waals surface area (Å²) >= 11 is 0. The lowest BCUT2D eigenvalue weighted by Crippen LogP contribution is -2.54. The molecule has 2 aromatic rings. The summed E-state index contributed by atoms with van der Waals surface area (Å²) in [5.41, 5.74) is 6.63. The minimum atomic E-state index is -2.36. The fourth-order valence-corrected chi connectivity index (χ4v) is 5.65. The maximum atomic E-state index is 17.0. The summed E-state index contributed by atoms with van der Waals surface area (Å²) in [6.45, 7) is 21.6. The molecule has 0 bridgehead atoms. The highest BCUT2D eigenvalue weighted by molar-refractivity contribution is 6.74. The highest BCUT2D eigenvalue weighted by atomic mass is 28.4. The van der Waals surface area contributed by atoms with Gasteiger partial charge in [-0.2, -0.15) is 0 Å². The van der Waals surface area contributed by atoms with Gasteiger partial charge in [0.1, 0.15) is 30.7 Å². The van der Waals surface area contributed by atoms with E-state index >= 15 is 4.39 Å². The molecule has 186 valence electrons. The van der Waals surface area contributed by atoms with E-state index in [1.165, 1.54) is 17.2 Å². The van der Waals surface area contributed by atoms with Crippen LogP contribution in [-0.4, -0.2) is 61.6 Å². The Morgan fingerprint density at radius 2 is 1.70 bits per heavy atom. The molecule has 1 fully saturated rings. The molecule has 0 saturated carbocycles. The van der Waals surface area contributed by atoms with Gasteiger partial charge in [-0.15, -0.1) is 0 Å². The Morgan fingerprint density at radius 3 is 2.27 bits per heavy atom. The average Bonchev–Trinajstić information content (AvgIpc) is 3.22. The van der Waals surface area contributed by atoms with E-state index in [9.17, 15) is 0 Å². The molecule has 2 aromatic heterocycles. The van der Waals surface area contributed by atoms with Crippen molar-refractivity contribution in [1.29, 1.82) is 0 Å². The molecule has 3 heterocycles. The molecule has 0 aromatic carbocycles. The molecule has 0 aliphatic carbocycles. The normalized spacial score (nSPS) is 25.2. The molecular weight excluding hydrogens is 457 g/mol. The zero-order valence-electron chi connectivity index (χ0n) is 21.7. The van der Waals surface area contributed by atoms with Crippen LogP contribution in [0.2, 0.25) is 36.3 Å². The number of hydrogen-bond donors (Lipinski definition) is 1. The summed E-state index contributed by atoms with van der Waals surface area (Å²) in [6, 6.07) is 0. The van der Waals surface area contributed by atoms with Crippen molar-refractivity contribution in [3.63, 3.8) is 0 Å². The minimum absolute atomic E-state index is 0.0309. The maximum absolute atomic E-state index is 17.0. The number of hydrogen-bond acceptors (Lipinski definition) is 7. The van der Waals surface area contributed by atoms with Crippen LogP contribution in [0.4, 0.5) is 10.2 Å². The van der Waals surface area contributed by atoms with Crippen molar-refractivity contribution in [2.24, 2.45) is 0 Å². The molecule has 3 atom stereocenters. The molecule has 11 heteroatoms. The van der Waals surface area contributed by atoms with Crippen LogP contribution in [0, 0.1) is 0 Å². The maximum Gasteiger partial charge on any atom is 0.239 e. The number of aromatic nitrogens is 4. The predicted molar refractivity (Wildman–Crippen MR) is 134 cm³/mol. The third kappa shape index (κ3) is 4.75. The highest BCUT2D eigenvalue weighted by Gasteiger charge is 2.57. The first-order valence-electron chi connectivity index (χ1n) is 11.5. The Morgan fingerprint density at radius 1 is 1.09 bits per heavy atom. The number of anilines is 1. The fourth-order valence-electron chi connectivity index (χ4n) is 3.31. The van der Waals surface area contributed by atoms with Gasteiger partial charge in [0.05, 0.1) is 12.9 Å². The number of rotatable bonds is 6. The second kappa shape index (κ2) is 8.37. The number of ether oxygens (including phenoxy) is 1. The highest BCUT2D eigenvalue weighted by Crippen LogP contribution is 2.45. The van der Waals surface area contributed by atoms with Crippen LogP contribution >= 0.6 is 0 Å². The lowest BCUT2D eigenvalue weighted by atomic mass is 10.1. The number of fused-ring (bicyclic) bond motifs is 1. The molecular formula is C22H40FN5O3Si2. The van der Waals surface area contributed by atoms with E-state index in [1.807, 2.05) is 0 Å². The fraction of sp³-hybridized carbons (Fsp3) is 0.773. The van der Waals surface area contributed by atoms with Gasteiger partial charge in [-0.05, 0) is 36.3 Å². The van der Waals surface area contributed by atoms with E-state index in [-0.39, 0.29) is 29.1 Å². The van der Waals surface area contributed by atoms with Crippen molar-refractivity contribution in [2.75, 3.05) is 18.9 Å². The molecule has 0 amide bonds. The third-order valence-corrected chi connectivity index (χ3v) is 16.6. The summed E-state index contributed by atoms with van der Waals surface area (Å²) in [4.78, 5) is 12.5. The lowest BCUT2D eigenvalue weighted by Gasteiger charge is -2.42. The summed E-state index contributed by atoms with van der Waals surface area (Å²) < 4.78 is 37.6. The summed E-state index contributed by atoms with van der Waals surface area (Å²) in [5, 5.41) is -0.0753. The van der Waals surface area contributed by atoms with Crippen LogP contribution < -0.4 is 5.73 Å². The largest absolute Gasteiger partial charge is 0.414 e. The van der Waals surface area contributed by atoms with Gasteiger partial charge < -0.3 is 19.3 Å². The first-order valence-corrected chi connectivity index (χ1v) is 17.3. The quantitative estimate of drug-likeness (QED) is 0.570. The van der Waals surface area contributed by atoms with Gasteiger partial charge in [-0.3, -0.25) is 4.57 Å². The van der Waals surface area contributed by atoms with Crippen molar-refractivity contribution in [3.8, 4) is 0 Å². The number of alkyl halides is 1. The first-order chi connectivity index (χ1) is 14.9. The van der Waals surface area contributed by atoms with Crippen molar-refractivity contribution in [3.05, 3.63) is 12.7 Å². The molecule has 0 radical (unpaired) electrons. The molecule has 1 aliphatic heterocycles. The Labute approximate surface area is 198 Å². The number of nitrogens with two attached hydrogens (primary N) is 1. The summed E-state index contributed by atoms with van der Waals surface area (Å²) in [5.74, 6) is -1.80. The Kier molecular flexibility index (Phi) is 6.64. The number of imidazole rings is 1. The standard InChI is InChI=1S/C22H40FN5O3Si2/c1-20(2,3)32(7,8)30-11-15-17(31-33(9,10)21(4,5)6)22(23,12-29-15)28-14-27-16-18(24)25-13-26-19(16)28/h13-15,17H,11-12H2,1-10H3,(H2,24,25,26)/t15-,17?,22-/m1/s1. The van der Waals surface area contributed by atoms with Crippen molar-refractivity contribution in [2.45, 2.75) is 95.8 Å². The monoisotopic (exact) mass is 497 g/mol. The Bertz CT molecular complexity index is 1000. The molecule has 1 unspecified atom stereocenters. The van der Waals surface area contributed by atoms with Gasteiger partial charge in [0.15, 0.2) is 28.1 Å². The molecule has 1 saturated heterocycles. The molecule has 2 N–H and O–H groups in total. The zero-order chi connectivity index (χ0) is 25.0. The topological polar surface area (TPSA) is 97.3 Å². The van der Waals surface area contributed by atoms with Crippen LogP contribution in [0.15, 0.2) is 12.7 Å². The van der Waals surface area contributed by atoms with Gasteiger partial charge in [-0.25, -0.2) is 19.3 Å². The summed E-state index contributed by atoms with van der Waals surface area (Å²) in [6.07, 6.45) is 1.29. The molecule has 0 spiro atoms. The predicted octanol–water partition coefficient (Wildman–Crippen LogP) is 4.84. The van der Waals surface area contributed by atoms with Crippen molar-refractivity contribution < 1.29 is 18.0 Å². The van der Waals surface area contributed by atoms with E-state index < -0.39 is 34.6 Å². The molecule has 1 aliphatic rings. The van der Waals surface area contributed by atoms with Gasteiger partial charge >= 0.3 is 0 Å². The van der Waals surface area contributed by atoms with Crippen molar-refractivity contribution >= 4 is 33.6 Å². The van der Waals surface area contributed by atoms with Crippen LogP contribution in [0.1, 0.15) is 41.5 Å². The molecule has 3 rings (SSSR count). The molecule has 8 nitrogen and oxygen atoms in total. The van der Waals surface area contributed by atoms with E-state index in [2.05, 4.69) is 82.7 Å². The zero-order valence-corrected chi connectivity index (χ0v) is 23.7. The second-order valence-electron chi connectivity index (χ2n) is 12.1. The minimum Gasteiger partial charge on any atom is -0.414 e. The van der Waals surface area contributed by atoms with Gasteiger partial charge in [0, 0.05) is 0 Å². The number of nitrogen functional groups attached to an aromatic ring is 1. The average molecular weight is 498 g/mol. The van der Waals surface area contributed by atoms with Crippen LogP contribution in [0.5, 0.6) is 0 Å². The number of nitrogens with zero attached hydrogens (tertiary/aromatic N) is 4.